The maximum atomic E-state index is 11.4. The molecule has 5 N–H and O–H groups in total. The molecule has 18 heavy (non-hydrogen) atoms. The summed E-state index contributed by atoms with van der Waals surface area (Å²) in [6, 6.07) is 1.50. The minimum Gasteiger partial charge on any atom is -0.396 e. The van der Waals surface area contributed by atoms with Crippen molar-refractivity contribution >= 4 is 17.4 Å². The van der Waals surface area contributed by atoms with Gasteiger partial charge >= 0.3 is 0 Å². The van der Waals surface area contributed by atoms with Crippen molar-refractivity contribution in [3.8, 4) is 0 Å². The van der Waals surface area contributed by atoms with E-state index in [9.17, 15) is 9.90 Å². The predicted molar refractivity (Wildman–Crippen MR) is 69.2 cm³/mol. The molecule has 6 nitrogen and oxygen atoms in total. The zero-order valence-electron chi connectivity index (χ0n) is 10.2. The van der Waals surface area contributed by atoms with Gasteiger partial charge < -0.3 is 21.5 Å². The van der Waals surface area contributed by atoms with Crippen LogP contribution in [0.5, 0.6) is 0 Å². The fourth-order valence-corrected chi connectivity index (χ4v) is 2.35. The SMILES string of the molecule is NC(=O)c1cc(N)ncc1N1CCCC(CO)C1. The van der Waals surface area contributed by atoms with E-state index in [0.29, 0.717) is 17.8 Å². The van der Waals surface area contributed by atoms with Crippen LogP contribution in [0, 0.1) is 5.92 Å². The van der Waals surface area contributed by atoms with Crippen molar-refractivity contribution in [2.45, 2.75) is 12.8 Å². The average Bonchev–Trinajstić information content (AvgIpc) is 2.38. The molecule has 0 aromatic carbocycles. The minimum absolute atomic E-state index is 0.158. The van der Waals surface area contributed by atoms with Gasteiger partial charge in [0.05, 0.1) is 17.4 Å². The fraction of sp³-hybridized carbons (Fsp3) is 0.500. The van der Waals surface area contributed by atoms with E-state index in [-0.39, 0.29) is 18.3 Å². The second kappa shape index (κ2) is 5.22. The number of pyridine rings is 1. The first-order valence-electron chi connectivity index (χ1n) is 6.03. The van der Waals surface area contributed by atoms with Gasteiger partial charge in [-0.3, -0.25) is 4.79 Å². The summed E-state index contributed by atoms with van der Waals surface area (Å²) in [5.41, 5.74) is 12.0. The van der Waals surface area contributed by atoms with E-state index < -0.39 is 5.91 Å². The molecule has 2 rings (SSSR count). The van der Waals surface area contributed by atoms with Gasteiger partial charge in [0.1, 0.15) is 5.82 Å². The van der Waals surface area contributed by atoms with Crippen LogP contribution in [0.25, 0.3) is 0 Å². The number of aliphatic hydroxyl groups is 1. The van der Waals surface area contributed by atoms with E-state index in [4.69, 9.17) is 11.5 Å². The number of anilines is 2. The Balaban J connectivity index is 2.29. The number of rotatable bonds is 3. The summed E-state index contributed by atoms with van der Waals surface area (Å²) < 4.78 is 0. The summed E-state index contributed by atoms with van der Waals surface area (Å²) >= 11 is 0. The summed E-state index contributed by atoms with van der Waals surface area (Å²) in [5, 5.41) is 9.22. The predicted octanol–water partition coefficient (Wildman–Crippen LogP) is -0.0286. The Morgan fingerprint density at radius 2 is 2.39 bits per heavy atom. The van der Waals surface area contributed by atoms with Gasteiger partial charge in [-0.25, -0.2) is 4.98 Å². The Morgan fingerprint density at radius 3 is 3.06 bits per heavy atom. The van der Waals surface area contributed by atoms with Gasteiger partial charge in [-0.1, -0.05) is 0 Å². The summed E-state index contributed by atoms with van der Waals surface area (Å²) in [7, 11) is 0. The van der Waals surface area contributed by atoms with Gasteiger partial charge in [0.25, 0.3) is 5.91 Å². The van der Waals surface area contributed by atoms with Crippen molar-refractivity contribution in [1.82, 2.24) is 4.98 Å². The maximum Gasteiger partial charge on any atom is 0.251 e. The van der Waals surface area contributed by atoms with Crippen molar-refractivity contribution in [1.29, 1.82) is 0 Å². The number of carbonyl (C=O) groups excluding carboxylic acids is 1. The Labute approximate surface area is 106 Å². The molecular formula is C12H18N4O2. The molecule has 1 saturated heterocycles. The van der Waals surface area contributed by atoms with E-state index in [1.807, 2.05) is 4.90 Å². The number of nitrogen functional groups attached to an aromatic ring is 1. The molecule has 1 aliphatic heterocycles. The molecule has 0 radical (unpaired) electrons. The first-order chi connectivity index (χ1) is 8.61. The number of nitrogens with zero attached hydrogens (tertiary/aromatic N) is 2. The minimum atomic E-state index is -0.509. The van der Waals surface area contributed by atoms with Crippen LogP contribution in [0.4, 0.5) is 11.5 Å². The maximum absolute atomic E-state index is 11.4. The lowest BCUT2D eigenvalue weighted by molar-refractivity contribution is 0.100. The number of amides is 1. The zero-order chi connectivity index (χ0) is 13.1. The number of piperidine rings is 1. The lowest BCUT2D eigenvalue weighted by Gasteiger charge is -2.34. The molecule has 98 valence electrons. The van der Waals surface area contributed by atoms with Gasteiger partial charge in [-0.05, 0) is 24.8 Å². The first-order valence-corrected chi connectivity index (χ1v) is 6.03. The molecule has 1 unspecified atom stereocenters. The van der Waals surface area contributed by atoms with E-state index in [0.717, 1.165) is 19.4 Å². The average molecular weight is 250 g/mol. The van der Waals surface area contributed by atoms with Crippen molar-refractivity contribution in [3.05, 3.63) is 17.8 Å². The van der Waals surface area contributed by atoms with Gasteiger partial charge in [0.2, 0.25) is 0 Å². The number of primary amides is 1. The molecule has 1 fully saturated rings. The summed E-state index contributed by atoms with van der Waals surface area (Å²) in [4.78, 5) is 17.5. The molecule has 2 heterocycles. The fourth-order valence-electron chi connectivity index (χ4n) is 2.35. The van der Waals surface area contributed by atoms with Gasteiger partial charge in [0.15, 0.2) is 0 Å². The van der Waals surface area contributed by atoms with Crippen molar-refractivity contribution in [2.24, 2.45) is 11.7 Å². The highest BCUT2D eigenvalue weighted by Gasteiger charge is 2.23. The van der Waals surface area contributed by atoms with Crippen molar-refractivity contribution in [2.75, 3.05) is 30.3 Å². The number of hydrogen-bond donors (Lipinski definition) is 3. The highest BCUT2D eigenvalue weighted by atomic mass is 16.3. The molecule has 1 aromatic rings. The quantitative estimate of drug-likeness (QED) is 0.698. The second-order valence-electron chi connectivity index (χ2n) is 4.63. The van der Waals surface area contributed by atoms with Crippen LogP contribution in [0.3, 0.4) is 0 Å². The third-order valence-corrected chi connectivity index (χ3v) is 3.29. The van der Waals surface area contributed by atoms with Crippen LogP contribution < -0.4 is 16.4 Å². The van der Waals surface area contributed by atoms with Gasteiger partial charge in [-0.15, -0.1) is 0 Å². The largest absolute Gasteiger partial charge is 0.396 e. The van der Waals surface area contributed by atoms with E-state index in [2.05, 4.69) is 4.98 Å². The molecule has 0 saturated carbocycles. The molecule has 1 aliphatic rings. The molecule has 0 spiro atoms. The van der Waals surface area contributed by atoms with Gasteiger partial charge in [-0.2, -0.15) is 0 Å². The van der Waals surface area contributed by atoms with Crippen molar-refractivity contribution in [3.63, 3.8) is 0 Å². The number of nitrogens with two attached hydrogens (primary N) is 2. The highest BCUT2D eigenvalue weighted by molar-refractivity contribution is 5.99. The van der Waals surface area contributed by atoms with E-state index >= 15 is 0 Å². The Kier molecular flexibility index (Phi) is 3.66. The first kappa shape index (κ1) is 12.6. The lowest BCUT2D eigenvalue weighted by atomic mass is 9.98. The molecule has 6 heteroatoms. The number of hydrogen-bond acceptors (Lipinski definition) is 5. The summed E-state index contributed by atoms with van der Waals surface area (Å²) in [5.74, 6) is 0.00511. The summed E-state index contributed by atoms with van der Waals surface area (Å²) in [6.45, 7) is 1.70. The van der Waals surface area contributed by atoms with E-state index in [1.54, 1.807) is 6.20 Å². The normalized spacial score (nSPS) is 19.8. The van der Waals surface area contributed by atoms with Crippen LogP contribution >= 0.6 is 0 Å². The monoisotopic (exact) mass is 250 g/mol. The standard InChI is InChI=1S/C12H18N4O2/c13-11-4-9(12(14)18)10(5-15-11)16-3-1-2-8(6-16)7-17/h4-5,8,17H,1-3,6-7H2,(H2,13,15)(H2,14,18). The number of aromatic nitrogens is 1. The molecule has 1 aromatic heterocycles. The van der Waals surface area contributed by atoms with Crippen LogP contribution in [0.15, 0.2) is 12.3 Å². The van der Waals surface area contributed by atoms with Crippen LogP contribution in [0.1, 0.15) is 23.2 Å². The zero-order valence-corrected chi connectivity index (χ0v) is 10.2. The van der Waals surface area contributed by atoms with Crippen LogP contribution in [0.2, 0.25) is 0 Å². The van der Waals surface area contributed by atoms with Crippen molar-refractivity contribution < 1.29 is 9.90 Å². The molecule has 1 amide bonds. The van der Waals surface area contributed by atoms with Crippen LogP contribution in [-0.4, -0.2) is 35.7 Å². The molecular weight excluding hydrogens is 232 g/mol. The second-order valence-corrected chi connectivity index (χ2v) is 4.63. The third-order valence-electron chi connectivity index (χ3n) is 3.29. The number of aliphatic hydroxyl groups excluding tert-OH is 1. The third kappa shape index (κ3) is 2.53. The van der Waals surface area contributed by atoms with E-state index in [1.165, 1.54) is 6.07 Å². The van der Waals surface area contributed by atoms with Gasteiger partial charge in [0, 0.05) is 19.7 Å². The molecule has 1 atom stereocenters. The Bertz CT molecular complexity index is 450. The molecule has 0 bridgehead atoms. The smallest absolute Gasteiger partial charge is 0.251 e. The Morgan fingerprint density at radius 1 is 1.61 bits per heavy atom. The Hall–Kier alpha value is -1.82. The summed E-state index contributed by atoms with van der Waals surface area (Å²) in [6.07, 6.45) is 3.56. The lowest BCUT2D eigenvalue weighted by Crippen LogP contribution is -2.38. The van der Waals surface area contributed by atoms with Crippen LogP contribution in [-0.2, 0) is 0 Å². The number of carbonyl (C=O) groups is 1. The topological polar surface area (TPSA) is 105 Å². The highest BCUT2D eigenvalue weighted by Crippen LogP contribution is 2.26. The molecule has 0 aliphatic carbocycles.